The number of amides is 6. The number of benzene rings is 1. The molecular weight excluding hydrogens is 595 g/mol. The largest absolute Gasteiger partial charge is 0.443 e. The van der Waals surface area contributed by atoms with Gasteiger partial charge in [-0.3, -0.25) is 9.59 Å². The first-order chi connectivity index (χ1) is 18.6. The second-order valence-corrected chi connectivity index (χ2v) is 13.7. The van der Waals surface area contributed by atoms with Crippen LogP contribution in [0, 0.1) is 0 Å². The molecule has 0 aliphatic carbocycles. The summed E-state index contributed by atoms with van der Waals surface area (Å²) in [6, 6.07) is 1.96. The van der Waals surface area contributed by atoms with Crippen LogP contribution in [0.3, 0.4) is 0 Å². The van der Waals surface area contributed by atoms with Gasteiger partial charge in [0, 0.05) is 0 Å². The molecule has 0 fully saturated rings. The monoisotopic (exact) mass is 632 g/mol. The molecule has 0 heterocycles. The van der Waals surface area contributed by atoms with Crippen LogP contribution in [0.15, 0.2) is 12.1 Å². The van der Waals surface area contributed by atoms with Gasteiger partial charge < -0.3 is 18.9 Å². The highest BCUT2D eigenvalue weighted by atomic mass is 35.5. The number of nitrogens with zero attached hydrogens (tertiary/aromatic N) is 2. The molecule has 1 rings (SSSR count). The van der Waals surface area contributed by atoms with Gasteiger partial charge in [-0.2, -0.15) is 0 Å². The summed E-state index contributed by atoms with van der Waals surface area (Å²) in [7, 11) is 0. The number of imide groups is 6. The van der Waals surface area contributed by atoms with Crippen LogP contribution in [0.5, 0.6) is 0 Å². The van der Waals surface area contributed by atoms with Crippen LogP contribution in [0.4, 0.5) is 19.2 Å². The zero-order valence-electron chi connectivity index (χ0n) is 25.9. The van der Waals surface area contributed by atoms with Crippen LogP contribution >= 0.6 is 23.2 Å². The summed E-state index contributed by atoms with van der Waals surface area (Å²) in [6.45, 7) is 18.3. The quantitative estimate of drug-likeness (QED) is 0.298. The van der Waals surface area contributed by atoms with Crippen molar-refractivity contribution >= 4 is 59.4 Å². The molecule has 12 nitrogen and oxygen atoms in total. The number of hydrogen-bond donors (Lipinski definition) is 0. The summed E-state index contributed by atoms with van der Waals surface area (Å²) in [4.78, 5) is 78.6. The van der Waals surface area contributed by atoms with E-state index < -0.39 is 79.8 Å². The molecule has 42 heavy (non-hydrogen) atoms. The van der Waals surface area contributed by atoms with E-state index in [1.54, 1.807) is 0 Å². The molecule has 0 radical (unpaired) electrons. The van der Waals surface area contributed by atoms with Gasteiger partial charge in [-0.25, -0.2) is 19.2 Å². The number of rotatable bonds is 2. The van der Waals surface area contributed by atoms with Crippen LogP contribution < -0.4 is 0 Å². The van der Waals surface area contributed by atoms with Gasteiger partial charge in [0.1, 0.15) is 22.4 Å². The lowest BCUT2D eigenvalue weighted by Crippen LogP contribution is -2.47. The molecule has 0 bridgehead atoms. The van der Waals surface area contributed by atoms with E-state index in [0.29, 0.717) is 0 Å². The zero-order chi connectivity index (χ0) is 33.2. The second kappa shape index (κ2) is 12.9. The molecule has 0 atom stereocenters. The average molecular weight is 634 g/mol. The fraction of sp³-hybridized carbons (Fsp3) is 0.571. The summed E-state index contributed by atoms with van der Waals surface area (Å²) in [6.07, 6.45) is -5.41. The molecule has 0 N–H and O–H groups in total. The van der Waals surface area contributed by atoms with Crippen LogP contribution in [0.25, 0.3) is 0 Å². The molecule has 0 saturated heterocycles. The van der Waals surface area contributed by atoms with Crippen molar-refractivity contribution in [3.8, 4) is 0 Å². The molecule has 0 aliphatic rings. The predicted octanol–water partition coefficient (Wildman–Crippen LogP) is 7.62. The maximum absolute atomic E-state index is 13.5. The lowest BCUT2D eigenvalue weighted by Gasteiger charge is -2.28. The molecule has 6 amide bonds. The number of carbonyl (C=O) groups is 6. The van der Waals surface area contributed by atoms with Gasteiger partial charge in [0.05, 0.1) is 21.2 Å². The summed E-state index contributed by atoms with van der Waals surface area (Å²) in [5, 5.41) is -1.14. The molecule has 234 valence electrons. The summed E-state index contributed by atoms with van der Waals surface area (Å²) < 4.78 is 20.8. The Morgan fingerprint density at radius 1 is 0.476 bits per heavy atom. The van der Waals surface area contributed by atoms with Crippen molar-refractivity contribution in [3.63, 3.8) is 0 Å². The number of ether oxygens (including phenoxy) is 4. The molecule has 1 aromatic rings. The smallest absolute Gasteiger partial charge is 0.427 e. The van der Waals surface area contributed by atoms with Crippen molar-refractivity contribution in [3.05, 3.63) is 33.3 Å². The Morgan fingerprint density at radius 3 is 0.833 bits per heavy atom. The Balaban J connectivity index is 3.66. The Kier molecular flexibility index (Phi) is 11.2. The van der Waals surface area contributed by atoms with Gasteiger partial charge in [-0.05, 0) is 95.2 Å². The van der Waals surface area contributed by atoms with E-state index in [9.17, 15) is 28.8 Å². The lowest BCUT2D eigenvalue weighted by molar-refractivity contribution is 0.000954. The normalized spacial score (nSPS) is 12.1. The van der Waals surface area contributed by atoms with Gasteiger partial charge >= 0.3 is 24.4 Å². The highest BCUT2D eigenvalue weighted by molar-refractivity contribution is 6.46. The third-order valence-electron chi connectivity index (χ3n) is 4.25. The second-order valence-electron chi connectivity index (χ2n) is 13.0. The molecule has 0 saturated carbocycles. The van der Waals surface area contributed by atoms with Crippen molar-refractivity contribution < 1.29 is 47.7 Å². The molecule has 0 aromatic heterocycles. The third kappa shape index (κ3) is 10.8. The van der Waals surface area contributed by atoms with Crippen molar-refractivity contribution in [1.29, 1.82) is 0 Å². The Hall–Kier alpha value is -3.38. The minimum absolute atomic E-state index is 0.100. The molecule has 0 aliphatic heterocycles. The SMILES string of the molecule is CC(C)(C)OC(=O)N(C(=O)OC(C)(C)C)C(=O)c1ccc(C(=O)N(C(=O)OC(C)(C)C)C(=O)OC(C)(C)C)c(Cl)c1Cl. The van der Waals surface area contributed by atoms with Crippen LogP contribution in [-0.4, -0.2) is 68.4 Å². The van der Waals surface area contributed by atoms with Crippen molar-refractivity contribution in [2.45, 2.75) is 105 Å². The van der Waals surface area contributed by atoms with E-state index in [0.717, 1.165) is 12.1 Å². The van der Waals surface area contributed by atoms with Gasteiger partial charge in [0.25, 0.3) is 11.8 Å². The highest BCUT2D eigenvalue weighted by Gasteiger charge is 2.41. The van der Waals surface area contributed by atoms with Crippen LogP contribution in [0.1, 0.15) is 104 Å². The Labute approximate surface area is 255 Å². The van der Waals surface area contributed by atoms with Gasteiger partial charge in [0.2, 0.25) is 0 Å². The number of halogens is 2. The minimum Gasteiger partial charge on any atom is -0.443 e. The van der Waals surface area contributed by atoms with E-state index in [-0.39, 0.29) is 9.80 Å². The van der Waals surface area contributed by atoms with Crippen molar-refractivity contribution in [2.24, 2.45) is 0 Å². The molecule has 0 unspecified atom stereocenters. The molecule has 0 spiro atoms. The van der Waals surface area contributed by atoms with Gasteiger partial charge in [-0.15, -0.1) is 9.80 Å². The first-order valence-electron chi connectivity index (χ1n) is 12.7. The first kappa shape index (κ1) is 36.6. The molecule has 1 aromatic carbocycles. The Bertz CT molecular complexity index is 1110. The lowest BCUT2D eigenvalue weighted by atomic mass is 10.1. The maximum atomic E-state index is 13.5. The number of hydrogen-bond acceptors (Lipinski definition) is 10. The average Bonchev–Trinajstić information content (AvgIpc) is 2.70. The maximum Gasteiger partial charge on any atom is 0.427 e. The highest BCUT2D eigenvalue weighted by Crippen LogP contribution is 2.33. The predicted molar refractivity (Wildman–Crippen MR) is 154 cm³/mol. The van der Waals surface area contributed by atoms with E-state index in [1.165, 1.54) is 83.1 Å². The van der Waals surface area contributed by atoms with Crippen molar-refractivity contribution in [1.82, 2.24) is 9.80 Å². The minimum atomic E-state index is -1.35. The van der Waals surface area contributed by atoms with Crippen LogP contribution in [0.2, 0.25) is 10.0 Å². The number of carbonyl (C=O) groups excluding carboxylic acids is 6. The van der Waals surface area contributed by atoms with Gasteiger partial charge in [0.15, 0.2) is 0 Å². The summed E-state index contributed by atoms with van der Waals surface area (Å²) in [5.74, 6) is -2.55. The topological polar surface area (TPSA) is 146 Å². The van der Waals surface area contributed by atoms with E-state index in [1.807, 2.05) is 0 Å². The van der Waals surface area contributed by atoms with Crippen molar-refractivity contribution in [2.75, 3.05) is 0 Å². The zero-order valence-corrected chi connectivity index (χ0v) is 27.4. The fourth-order valence-corrected chi connectivity index (χ4v) is 3.32. The molecule has 14 heteroatoms. The summed E-state index contributed by atoms with van der Waals surface area (Å²) in [5.41, 5.74) is -5.36. The Morgan fingerprint density at radius 2 is 0.667 bits per heavy atom. The third-order valence-corrected chi connectivity index (χ3v) is 5.14. The molecular formula is C28H38Cl2N2O10. The fourth-order valence-electron chi connectivity index (χ4n) is 2.83. The van der Waals surface area contributed by atoms with Gasteiger partial charge in [-0.1, -0.05) is 23.2 Å². The summed E-state index contributed by atoms with van der Waals surface area (Å²) >= 11 is 12.7. The van der Waals surface area contributed by atoms with E-state index in [4.69, 9.17) is 42.1 Å². The first-order valence-corrected chi connectivity index (χ1v) is 13.5. The van der Waals surface area contributed by atoms with Crippen LogP contribution in [-0.2, 0) is 18.9 Å². The van der Waals surface area contributed by atoms with E-state index >= 15 is 0 Å². The standard InChI is InChI=1S/C28H38Cl2N2O10/c1-25(2,3)39-21(35)31(22(36)40-26(4,5)6)19(33)15-13-14-16(18(30)17(15)29)20(34)32(23(37)41-27(7,8)9)24(38)42-28(10,11)12/h13-14H,1-12H3. The van der Waals surface area contributed by atoms with E-state index in [2.05, 4.69) is 0 Å².